The van der Waals surface area contributed by atoms with Crippen LogP contribution in [0.1, 0.15) is 87.4 Å². The highest BCUT2D eigenvalue weighted by atomic mass is 35.5. The smallest absolute Gasteiger partial charge is 0.256 e. The van der Waals surface area contributed by atoms with Gasteiger partial charge in [-0.25, -0.2) is 0 Å². The average molecular weight is 600 g/mol. The van der Waals surface area contributed by atoms with Crippen molar-refractivity contribution in [1.82, 2.24) is 20.1 Å². The largest absolute Gasteiger partial charge is 0.358 e. The summed E-state index contributed by atoms with van der Waals surface area (Å²) in [4.78, 5) is 48.0. The lowest BCUT2D eigenvalue weighted by Crippen LogP contribution is -2.42. The summed E-state index contributed by atoms with van der Waals surface area (Å²) in [5.74, 6) is -0.436. The van der Waals surface area contributed by atoms with Crippen LogP contribution >= 0.6 is 11.6 Å². The average Bonchev–Trinajstić information content (AvgIpc) is 3.77. The Morgan fingerprint density at radius 2 is 1.88 bits per heavy atom. The normalized spacial score (nSPS) is 20.0. The first-order valence-corrected chi connectivity index (χ1v) is 15.5. The van der Waals surface area contributed by atoms with Crippen molar-refractivity contribution < 1.29 is 14.4 Å². The molecule has 3 N–H and O–H groups in total. The van der Waals surface area contributed by atoms with Gasteiger partial charge in [0.15, 0.2) is 0 Å². The van der Waals surface area contributed by atoms with Gasteiger partial charge in [-0.1, -0.05) is 23.7 Å². The SMILES string of the molecule is Cc1[nH]c(C=C2C(=O)Nc3ccc(C(=O)N[C@H](C)c4cccc(Cl)c4)cc32)c(C)c1C(=O)N1CCC[C@@H]1CN1CCCC1. The number of carbonyl (C=O) groups excluding carboxylic acids is 3. The molecule has 9 heteroatoms. The lowest BCUT2D eigenvalue weighted by Gasteiger charge is -2.28. The minimum Gasteiger partial charge on any atom is -0.358 e. The van der Waals surface area contributed by atoms with Gasteiger partial charge in [0.2, 0.25) is 0 Å². The minimum atomic E-state index is -0.250. The summed E-state index contributed by atoms with van der Waals surface area (Å²) in [7, 11) is 0. The van der Waals surface area contributed by atoms with Crippen LogP contribution in [0.3, 0.4) is 0 Å². The first kappa shape index (κ1) is 29.2. The minimum absolute atomic E-state index is 0.0571. The first-order valence-electron chi connectivity index (χ1n) is 15.2. The highest BCUT2D eigenvalue weighted by Crippen LogP contribution is 2.35. The molecule has 6 rings (SSSR count). The lowest BCUT2D eigenvalue weighted by molar-refractivity contribution is -0.110. The molecule has 3 aromatic rings. The van der Waals surface area contributed by atoms with E-state index in [1.165, 1.54) is 12.8 Å². The fraction of sp³-hybridized carbons (Fsp3) is 0.382. The molecule has 2 saturated heterocycles. The molecule has 0 bridgehead atoms. The summed E-state index contributed by atoms with van der Waals surface area (Å²) < 4.78 is 0. The zero-order valence-electron chi connectivity index (χ0n) is 24.9. The second kappa shape index (κ2) is 12.0. The number of fused-ring (bicyclic) bond motifs is 1. The van der Waals surface area contributed by atoms with Gasteiger partial charge >= 0.3 is 0 Å². The second-order valence-electron chi connectivity index (χ2n) is 12.0. The number of rotatable bonds is 7. The molecular weight excluding hydrogens is 562 g/mol. The number of nitrogens with one attached hydrogen (secondary N) is 3. The van der Waals surface area contributed by atoms with E-state index < -0.39 is 0 Å². The molecule has 3 amide bonds. The van der Waals surface area contributed by atoms with Crippen molar-refractivity contribution in [2.75, 3.05) is 31.5 Å². The first-order chi connectivity index (χ1) is 20.7. The van der Waals surface area contributed by atoms with E-state index in [1.807, 2.05) is 43.9 Å². The molecule has 2 fully saturated rings. The van der Waals surface area contributed by atoms with Crippen molar-refractivity contribution in [3.05, 3.63) is 86.7 Å². The Bertz CT molecular complexity index is 1620. The third-order valence-electron chi connectivity index (χ3n) is 9.05. The number of hydrogen-bond donors (Lipinski definition) is 3. The number of anilines is 1. The molecule has 0 radical (unpaired) electrons. The fourth-order valence-corrected chi connectivity index (χ4v) is 6.89. The maximum atomic E-state index is 13.9. The van der Waals surface area contributed by atoms with Crippen LogP contribution < -0.4 is 10.6 Å². The van der Waals surface area contributed by atoms with Gasteiger partial charge in [-0.15, -0.1) is 0 Å². The molecular formula is C34H38ClN5O3. The molecule has 3 aliphatic heterocycles. The molecule has 0 unspecified atom stereocenters. The summed E-state index contributed by atoms with van der Waals surface area (Å²) in [6.45, 7) is 9.70. The number of aromatic amines is 1. The fourth-order valence-electron chi connectivity index (χ4n) is 6.70. The number of carbonyl (C=O) groups is 3. The van der Waals surface area contributed by atoms with Crippen molar-refractivity contribution in [2.45, 2.75) is 58.5 Å². The lowest BCUT2D eigenvalue weighted by atomic mass is 10.0. The quantitative estimate of drug-likeness (QED) is 0.292. The molecule has 2 atom stereocenters. The Kier molecular flexibility index (Phi) is 8.16. The molecule has 1 aromatic heterocycles. The van der Waals surface area contributed by atoms with Crippen LogP contribution in [-0.2, 0) is 4.79 Å². The summed E-state index contributed by atoms with van der Waals surface area (Å²) in [5, 5.41) is 6.53. The number of halogens is 1. The van der Waals surface area contributed by atoms with Gasteiger partial charge in [-0.05, 0) is 107 Å². The van der Waals surface area contributed by atoms with Gasteiger partial charge in [0, 0.05) is 52.4 Å². The van der Waals surface area contributed by atoms with Gasteiger partial charge in [0.25, 0.3) is 17.7 Å². The van der Waals surface area contributed by atoms with Crippen LogP contribution in [0.5, 0.6) is 0 Å². The number of aryl methyl sites for hydroxylation is 1. The van der Waals surface area contributed by atoms with Crippen molar-refractivity contribution in [3.63, 3.8) is 0 Å². The predicted octanol–water partition coefficient (Wildman–Crippen LogP) is 5.97. The molecule has 2 aromatic carbocycles. The van der Waals surface area contributed by atoms with Gasteiger partial charge in [-0.3, -0.25) is 14.4 Å². The summed E-state index contributed by atoms with van der Waals surface area (Å²) in [6, 6.07) is 12.6. The number of likely N-dealkylation sites (tertiary alicyclic amines) is 2. The molecule has 0 spiro atoms. The van der Waals surface area contributed by atoms with Gasteiger partial charge in [0.05, 0.1) is 17.2 Å². The Morgan fingerprint density at radius 3 is 2.65 bits per heavy atom. The van der Waals surface area contributed by atoms with E-state index in [2.05, 4.69) is 20.5 Å². The maximum Gasteiger partial charge on any atom is 0.256 e. The summed E-state index contributed by atoms with van der Waals surface area (Å²) >= 11 is 6.13. The van der Waals surface area contributed by atoms with E-state index >= 15 is 0 Å². The number of H-pyrrole nitrogens is 1. The Hall–Kier alpha value is -3.88. The van der Waals surface area contributed by atoms with Crippen LogP contribution in [0, 0.1) is 13.8 Å². The summed E-state index contributed by atoms with van der Waals surface area (Å²) in [5.41, 5.74) is 6.12. The Labute approximate surface area is 257 Å². The van der Waals surface area contributed by atoms with Gasteiger partial charge in [0.1, 0.15) is 0 Å². The van der Waals surface area contributed by atoms with Crippen LogP contribution in [-0.4, -0.2) is 64.7 Å². The van der Waals surface area contributed by atoms with Gasteiger partial charge in [-0.2, -0.15) is 0 Å². The number of hydrogen-bond acceptors (Lipinski definition) is 4. The number of amides is 3. The van der Waals surface area contributed by atoms with Crippen LogP contribution in [0.4, 0.5) is 5.69 Å². The molecule has 3 aliphatic rings. The number of nitrogens with zero attached hydrogens (tertiary/aromatic N) is 2. The summed E-state index contributed by atoms with van der Waals surface area (Å²) in [6.07, 6.45) is 6.32. The predicted molar refractivity (Wildman–Crippen MR) is 170 cm³/mol. The van der Waals surface area contributed by atoms with E-state index in [4.69, 9.17) is 11.6 Å². The highest BCUT2D eigenvalue weighted by molar-refractivity contribution is 6.35. The van der Waals surface area contributed by atoms with E-state index in [1.54, 1.807) is 30.3 Å². The number of aromatic nitrogens is 1. The van der Waals surface area contributed by atoms with Crippen molar-refractivity contribution in [3.8, 4) is 0 Å². The molecule has 224 valence electrons. The Morgan fingerprint density at radius 1 is 1.09 bits per heavy atom. The zero-order chi connectivity index (χ0) is 30.2. The highest BCUT2D eigenvalue weighted by Gasteiger charge is 2.34. The molecule has 0 aliphatic carbocycles. The molecule has 8 nitrogen and oxygen atoms in total. The van der Waals surface area contributed by atoms with Gasteiger partial charge < -0.3 is 25.4 Å². The zero-order valence-corrected chi connectivity index (χ0v) is 25.7. The van der Waals surface area contributed by atoms with E-state index in [0.717, 1.165) is 61.5 Å². The van der Waals surface area contributed by atoms with Crippen LogP contribution in [0.15, 0.2) is 42.5 Å². The standard InChI is InChI=1S/C34H38ClN5O3/c1-20-30(36-22(3)31(20)34(43)40-15-7-10-26(40)19-39-13-4-5-14-39)18-28-27-17-24(11-12-29(27)38-33(28)42)32(41)37-21(2)23-8-6-9-25(35)16-23/h6,8-9,11-12,16-18,21,26,36H,4-5,7,10,13-15,19H2,1-3H3,(H,37,41)(H,38,42)/t21-,26-/m1/s1. The topological polar surface area (TPSA) is 97.5 Å². The van der Waals surface area contributed by atoms with Crippen LogP contribution in [0.2, 0.25) is 5.02 Å². The Balaban J connectivity index is 1.24. The van der Waals surface area contributed by atoms with E-state index in [-0.39, 0.29) is 29.8 Å². The number of benzene rings is 2. The van der Waals surface area contributed by atoms with Crippen molar-refractivity contribution in [2.24, 2.45) is 0 Å². The molecule has 4 heterocycles. The third-order valence-corrected chi connectivity index (χ3v) is 9.28. The van der Waals surface area contributed by atoms with Crippen molar-refractivity contribution >= 4 is 46.7 Å². The second-order valence-corrected chi connectivity index (χ2v) is 12.4. The monoisotopic (exact) mass is 599 g/mol. The molecule has 43 heavy (non-hydrogen) atoms. The van der Waals surface area contributed by atoms with Crippen LogP contribution in [0.25, 0.3) is 11.6 Å². The van der Waals surface area contributed by atoms with E-state index in [9.17, 15) is 14.4 Å². The molecule has 0 saturated carbocycles. The maximum absolute atomic E-state index is 13.9. The van der Waals surface area contributed by atoms with E-state index in [0.29, 0.717) is 33.0 Å². The van der Waals surface area contributed by atoms with Crippen molar-refractivity contribution in [1.29, 1.82) is 0 Å². The third kappa shape index (κ3) is 5.86.